The largest absolute Gasteiger partial charge is 0.424 e. The predicted molar refractivity (Wildman–Crippen MR) is 63.9 cm³/mol. The zero-order valence-corrected chi connectivity index (χ0v) is 11.4. The molecule has 1 aromatic heterocycles. The number of aromatic amines is 1. The van der Waals surface area contributed by atoms with E-state index in [4.69, 9.17) is 9.84 Å². The molecule has 7 nitrogen and oxygen atoms in total. The summed E-state index contributed by atoms with van der Waals surface area (Å²) in [5.74, 6) is -1.23. The lowest BCUT2D eigenvalue weighted by molar-refractivity contribution is -0.304. The number of ether oxygens (including phenoxy) is 1. The van der Waals surface area contributed by atoms with Crippen molar-refractivity contribution in [2.24, 2.45) is 0 Å². The lowest BCUT2D eigenvalue weighted by Gasteiger charge is -2.33. The molecule has 4 N–H and O–H groups in total. The summed E-state index contributed by atoms with van der Waals surface area (Å²) in [6.07, 6.45) is -12.0. The average molecular weight is 346 g/mol. The van der Waals surface area contributed by atoms with Crippen LogP contribution in [0.4, 0.5) is 17.6 Å². The van der Waals surface area contributed by atoms with Gasteiger partial charge in [0.1, 0.15) is 16.8 Å². The molecule has 1 unspecified atom stereocenters. The second kappa shape index (κ2) is 5.38. The zero-order chi connectivity index (χ0) is 16.9. The second-order valence-corrected chi connectivity index (χ2v) is 5.03. The molecule has 4 atom stereocenters. The lowest BCUT2D eigenvalue weighted by atomic mass is 9.93. The van der Waals surface area contributed by atoms with Crippen LogP contribution in [0.15, 0.2) is 11.0 Å². The first-order chi connectivity index (χ1) is 10.0. The molecule has 1 aliphatic rings. The molecule has 1 saturated heterocycles. The van der Waals surface area contributed by atoms with Crippen molar-refractivity contribution in [3.05, 3.63) is 27.1 Å². The average Bonchev–Trinajstić information content (AvgIpc) is 2.67. The molecule has 0 bridgehead atoms. The van der Waals surface area contributed by atoms with Gasteiger partial charge in [-0.25, -0.2) is 9.18 Å². The van der Waals surface area contributed by atoms with E-state index in [2.05, 4.69) is 12.2 Å². The number of halogens is 4. The van der Waals surface area contributed by atoms with Gasteiger partial charge in [-0.15, -0.1) is 0 Å². The molecule has 0 amide bonds. The summed E-state index contributed by atoms with van der Waals surface area (Å²) in [5, 5.41) is 28.4. The monoisotopic (exact) mass is 346 g/mol. The Morgan fingerprint density at radius 3 is 2.59 bits per heavy atom. The number of hydrogen-bond donors (Lipinski definition) is 4. The van der Waals surface area contributed by atoms with E-state index in [1.54, 1.807) is 4.98 Å². The topological polar surface area (TPSA) is 108 Å². The van der Waals surface area contributed by atoms with Gasteiger partial charge in [0.2, 0.25) is 5.60 Å². The third kappa shape index (κ3) is 2.36. The minimum atomic E-state index is -5.43. The number of nitrogens with one attached hydrogen (secondary N) is 1. The Kier molecular flexibility index (Phi) is 4.16. The summed E-state index contributed by atoms with van der Waals surface area (Å²) in [6.45, 7) is -1.06. The molecule has 2 heterocycles. The van der Waals surface area contributed by atoms with Crippen LogP contribution in [0, 0.1) is 10.5 Å². The highest BCUT2D eigenvalue weighted by Gasteiger charge is 2.70. The van der Waals surface area contributed by atoms with Gasteiger partial charge < -0.3 is 20.1 Å². The molecule has 12 heteroatoms. The van der Waals surface area contributed by atoms with Gasteiger partial charge in [0.05, 0.1) is 12.8 Å². The molecular formula is C10H10F4N2O5S. The minimum absolute atomic E-state index is 0.0809. The normalized spacial score (nSPS) is 32.4. The smallest absolute Gasteiger partial charge is 0.394 e. The highest BCUT2D eigenvalue weighted by atomic mass is 32.1. The number of H-pyrrole nitrogens is 1. The van der Waals surface area contributed by atoms with E-state index in [0.29, 0.717) is 6.20 Å². The van der Waals surface area contributed by atoms with E-state index >= 15 is 0 Å². The van der Waals surface area contributed by atoms with Crippen molar-refractivity contribution in [2.75, 3.05) is 6.61 Å². The van der Waals surface area contributed by atoms with Crippen LogP contribution in [0.5, 0.6) is 0 Å². The number of aliphatic hydroxyl groups excluding tert-OH is 2. The number of aromatic nitrogens is 2. The first-order valence-corrected chi connectivity index (χ1v) is 6.19. The maximum atomic E-state index is 13.4. The molecule has 22 heavy (non-hydrogen) atoms. The molecule has 1 aromatic rings. The van der Waals surface area contributed by atoms with Gasteiger partial charge in [-0.1, -0.05) is 12.2 Å². The summed E-state index contributed by atoms with van der Waals surface area (Å²) < 4.78 is 57.0. The summed E-state index contributed by atoms with van der Waals surface area (Å²) in [7, 11) is 0. The van der Waals surface area contributed by atoms with Crippen LogP contribution in [0.1, 0.15) is 6.23 Å². The Morgan fingerprint density at radius 2 is 2.09 bits per heavy atom. The van der Waals surface area contributed by atoms with Crippen molar-refractivity contribution in [1.29, 1.82) is 0 Å². The molecule has 0 aliphatic carbocycles. The Balaban J connectivity index is 2.65. The summed E-state index contributed by atoms with van der Waals surface area (Å²) in [6, 6.07) is 0. The molecule has 2 rings (SSSR count). The Hall–Kier alpha value is -1.34. The Morgan fingerprint density at radius 1 is 1.50 bits per heavy atom. The lowest BCUT2D eigenvalue weighted by Crippen LogP contribution is -2.58. The fourth-order valence-electron chi connectivity index (χ4n) is 2.14. The van der Waals surface area contributed by atoms with Gasteiger partial charge in [-0.2, -0.15) is 13.2 Å². The van der Waals surface area contributed by atoms with Crippen molar-refractivity contribution in [3.8, 4) is 0 Å². The molecular weight excluding hydrogens is 336 g/mol. The van der Waals surface area contributed by atoms with Gasteiger partial charge in [0.15, 0.2) is 12.0 Å². The van der Waals surface area contributed by atoms with Gasteiger partial charge in [-0.05, 0) is 0 Å². The first-order valence-electron chi connectivity index (χ1n) is 5.78. The van der Waals surface area contributed by atoms with E-state index in [9.17, 15) is 32.6 Å². The predicted octanol–water partition coefficient (Wildman–Crippen LogP) is -0.411. The SMILES string of the molecule is O=c1[nH]c(=S)c(F)cn1[C@@H]1O[C@H](CO)C(O)[C@]1(O)C(F)(F)F. The Labute approximate surface area is 124 Å². The van der Waals surface area contributed by atoms with Gasteiger partial charge in [-0.3, -0.25) is 9.55 Å². The van der Waals surface area contributed by atoms with Crippen molar-refractivity contribution in [3.63, 3.8) is 0 Å². The zero-order valence-electron chi connectivity index (χ0n) is 10.5. The molecule has 0 aromatic carbocycles. The number of nitrogens with zero attached hydrogens (tertiary/aromatic N) is 1. The minimum Gasteiger partial charge on any atom is -0.394 e. The van der Waals surface area contributed by atoms with Gasteiger partial charge in [0, 0.05) is 0 Å². The maximum Gasteiger partial charge on any atom is 0.424 e. The van der Waals surface area contributed by atoms with Crippen LogP contribution in [0.2, 0.25) is 0 Å². The maximum absolute atomic E-state index is 13.4. The van der Waals surface area contributed by atoms with Crippen LogP contribution < -0.4 is 5.69 Å². The van der Waals surface area contributed by atoms with Gasteiger partial charge in [0.25, 0.3) is 0 Å². The quantitative estimate of drug-likeness (QED) is 0.428. The molecule has 1 aliphatic heterocycles. The van der Waals surface area contributed by atoms with Crippen LogP contribution in [0.25, 0.3) is 0 Å². The third-order valence-corrected chi connectivity index (χ3v) is 3.59. The van der Waals surface area contributed by atoms with Crippen molar-refractivity contribution in [2.45, 2.75) is 30.2 Å². The highest BCUT2D eigenvalue weighted by Crippen LogP contribution is 2.47. The third-order valence-electron chi connectivity index (χ3n) is 3.29. The van der Waals surface area contributed by atoms with E-state index in [-0.39, 0.29) is 4.57 Å². The van der Waals surface area contributed by atoms with Crippen molar-refractivity contribution >= 4 is 12.2 Å². The number of aliphatic hydroxyl groups is 3. The number of alkyl halides is 3. The number of rotatable bonds is 2. The van der Waals surface area contributed by atoms with E-state index in [1.807, 2.05) is 0 Å². The molecule has 0 radical (unpaired) electrons. The number of hydrogen-bond acceptors (Lipinski definition) is 6. The molecule has 124 valence electrons. The molecule has 1 fully saturated rings. The van der Waals surface area contributed by atoms with Crippen LogP contribution in [-0.4, -0.2) is 55.5 Å². The molecule has 0 saturated carbocycles. The van der Waals surface area contributed by atoms with Gasteiger partial charge >= 0.3 is 11.9 Å². The highest BCUT2D eigenvalue weighted by molar-refractivity contribution is 7.71. The second-order valence-electron chi connectivity index (χ2n) is 4.62. The summed E-state index contributed by atoms with van der Waals surface area (Å²) in [4.78, 5) is 13.4. The summed E-state index contributed by atoms with van der Waals surface area (Å²) >= 11 is 4.42. The van der Waals surface area contributed by atoms with Crippen molar-refractivity contribution < 1.29 is 37.6 Å². The van der Waals surface area contributed by atoms with E-state index in [0.717, 1.165) is 0 Å². The summed E-state index contributed by atoms with van der Waals surface area (Å²) in [5.41, 5.74) is -5.21. The van der Waals surface area contributed by atoms with E-state index in [1.165, 1.54) is 0 Å². The van der Waals surface area contributed by atoms with Crippen LogP contribution >= 0.6 is 12.2 Å². The fraction of sp³-hybridized carbons (Fsp3) is 0.600. The molecule has 0 spiro atoms. The Bertz CT molecular complexity index is 689. The van der Waals surface area contributed by atoms with Crippen LogP contribution in [-0.2, 0) is 4.74 Å². The first kappa shape index (κ1) is 17.0. The van der Waals surface area contributed by atoms with Crippen molar-refractivity contribution in [1.82, 2.24) is 9.55 Å². The fourth-order valence-corrected chi connectivity index (χ4v) is 2.28. The van der Waals surface area contributed by atoms with E-state index < -0.39 is 53.0 Å². The standard InChI is InChI=1S/C10H10F4N2O5S/c11-3-1-16(8(19)15-6(3)22)7-9(20,10(12,13)14)5(18)4(2-17)21-7/h1,4-5,7,17-18,20H,2H2,(H,15,19,22)/t4-,5?,7-,9-/m1/s1. The van der Waals surface area contributed by atoms with Crippen LogP contribution in [0.3, 0.4) is 0 Å².